The molecule has 4 aromatic rings. The Morgan fingerprint density at radius 3 is 2.67 bits per heavy atom. The summed E-state index contributed by atoms with van der Waals surface area (Å²) in [5, 5.41) is 8.35. The van der Waals surface area contributed by atoms with Crippen molar-refractivity contribution in [1.29, 1.82) is 0 Å². The number of anilines is 2. The number of pyridine rings is 1. The molecule has 4 rings (SSSR count). The molecule has 0 aliphatic rings. The third-order valence-electron chi connectivity index (χ3n) is 5.33. The van der Waals surface area contributed by atoms with E-state index in [1.807, 2.05) is 45.0 Å². The minimum absolute atomic E-state index is 0.419. The van der Waals surface area contributed by atoms with Crippen LogP contribution in [0.5, 0.6) is 0 Å². The summed E-state index contributed by atoms with van der Waals surface area (Å²) in [5.41, 5.74) is 6.20. The number of ether oxygens (including phenoxy) is 1. The molecular weight excluding hydrogens is 416 g/mol. The Kier molecular flexibility index (Phi) is 6.17. The van der Waals surface area contributed by atoms with Crippen LogP contribution in [0.2, 0.25) is 0 Å². The SMILES string of the molecule is CCc1nn(-c2nc(C)cnc2C)c(Nc2ccc(C)cc2C(=O)OC)c1-c1cccnc1. The number of rotatable bonds is 6. The van der Waals surface area contributed by atoms with Gasteiger partial charge in [-0.1, -0.05) is 24.6 Å². The summed E-state index contributed by atoms with van der Waals surface area (Å²) in [7, 11) is 1.38. The minimum atomic E-state index is -0.419. The van der Waals surface area contributed by atoms with Crippen LogP contribution < -0.4 is 5.32 Å². The van der Waals surface area contributed by atoms with Gasteiger partial charge in [0.2, 0.25) is 0 Å². The lowest BCUT2D eigenvalue weighted by Gasteiger charge is -2.16. The fourth-order valence-electron chi connectivity index (χ4n) is 3.69. The van der Waals surface area contributed by atoms with Crippen molar-refractivity contribution in [2.75, 3.05) is 12.4 Å². The lowest BCUT2D eigenvalue weighted by molar-refractivity contribution is 0.0602. The van der Waals surface area contributed by atoms with Crippen molar-refractivity contribution in [1.82, 2.24) is 24.7 Å². The summed E-state index contributed by atoms with van der Waals surface area (Å²) in [6, 6.07) is 9.49. The third kappa shape index (κ3) is 4.32. The minimum Gasteiger partial charge on any atom is -0.465 e. The normalized spacial score (nSPS) is 10.8. The molecule has 168 valence electrons. The zero-order valence-corrected chi connectivity index (χ0v) is 19.4. The van der Waals surface area contributed by atoms with Gasteiger partial charge in [-0.15, -0.1) is 0 Å². The molecule has 33 heavy (non-hydrogen) atoms. The second kappa shape index (κ2) is 9.20. The lowest BCUT2D eigenvalue weighted by Crippen LogP contribution is -2.11. The molecule has 0 aliphatic carbocycles. The predicted molar refractivity (Wildman–Crippen MR) is 127 cm³/mol. The number of nitrogens with one attached hydrogen (secondary N) is 1. The van der Waals surface area contributed by atoms with Gasteiger partial charge in [-0.3, -0.25) is 9.97 Å². The molecule has 0 spiro atoms. The molecule has 0 aliphatic heterocycles. The molecule has 0 unspecified atom stereocenters. The summed E-state index contributed by atoms with van der Waals surface area (Å²) in [5.74, 6) is 0.878. The van der Waals surface area contributed by atoms with Crippen LogP contribution >= 0.6 is 0 Å². The van der Waals surface area contributed by atoms with Gasteiger partial charge >= 0.3 is 5.97 Å². The molecule has 0 amide bonds. The van der Waals surface area contributed by atoms with Gasteiger partial charge in [0.15, 0.2) is 5.82 Å². The Hall–Kier alpha value is -4.07. The summed E-state index contributed by atoms with van der Waals surface area (Å²) in [6.07, 6.45) is 5.96. The Bertz CT molecular complexity index is 1310. The zero-order chi connectivity index (χ0) is 23.5. The van der Waals surface area contributed by atoms with E-state index in [0.717, 1.165) is 33.8 Å². The second-order valence-electron chi connectivity index (χ2n) is 7.76. The molecule has 1 aromatic carbocycles. The van der Waals surface area contributed by atoms with E-state index in [2.05, 4.69) is 22.2 Å². The number of carbonyl (C=O) groups is 1. The van der Waals surface area contributed by atoms with Crippen molar-refractivity contribution in [3.63, 3.8) is 0 Å². The fraction of sp³-hybridized carbons (Fsp3) is 0.240. The highest BCUT2D eigenvalue weighted by molar-refractivity contribution is 5.97. The molecule has 0 atom stereocenters. The van der Waals surface area contributed by atoms with Crippen molar-refractivity contribution in [3.8, 4) is 16.9 Å². The highest BCUT2D eigenvalue weighted by Gasteiger charge is 2.24. The largest absolute Gasteiger partial charge is 0.465 e. The maximum Gasteiger partial charge on any atom is 0.339 e. The van der Waals surface area contributed by atoms with Gasteiger partial charge in [0, 0.05) is 29.7 Å². The highest BCUT2D eigenvalue weighted by Crippen LogP contribution is 2.36. The van der Waals surface area contributed by atoms with E-state index >= 15 is 0 Å². The van der Waals surface area contributed by atoms with E-state index in [4.69, 9.17) is 14.8 Å². The Balaban J connectivity index is 1.99. The Morgan fingerprint density at radius 1 is 1.15 bits per heavy atom. The number of esters is 1. The average Bonchev–Trinajstić information content (AvgIpc) is 3.19. The van der Waals surface area contributed by atoms with Crippen LogP contribution in [0.3, 0.4) is 0 Å². The van der Waals surface area contributed by atoms with Gasteiger partial charge in [-0.05, 0) is 45.4 Å². The monoisotopic (exact) mass is 442 g/mol. The zero-order valence-electron chi connectivity index (χ0n) is 19.4. The summed E-state index contributed by atoms with van der Waals surface area (Å²) in [6.45, 7) is 7.78. The molecule has 0 radical (unpaired) electrons. The van der Waals surface area contributed by atoms with Crippen LogP contribution in [-0.4, -0.2) is 37.8 Å². The molecule has 0 bridgehead atoms. The molecule has 8 heteroatoms. The summed E-state index contributed by atoms with van der Waals surface area (Å²) in [4.78, 5) is 26.0. The molecule has 3 heterocycles. The number of aryl methyl sites for hydroxylation is 4. The van der Waals surface area contributed by atoms with Gasteiger partial charge in [-0.2, -0.15) is 9.78 Å². The smallest absolute Gasteiger partial charge is 0.339 e. The van der Waals surface area contributed by atoms with Gasteiger partial charge in [-0.25, -0.2) is 9.78 Å². The summed E-state index contributed by atoms with van der Waals surface area (Å²) >= 11 is 0. The number of methoxy groups -OCH3 is 1. The van der Waals surface area contributed by atoms with E-state index in [9.17, 15) is 4.79 Å². The standard InChI is InChI=1S/C25H26N6O2/c1-6-20-22(18-8-7-11-26-14-18)24(31(30-20)23-17(4)27-13-16(3)28-23)29-21-10-9-15(2)12-19(21)25(32)33-5/h7-14,29H,6H2,1-5H3. The van der Waals surface area contributed by atoms with Gasteiger partial charge in [0.1, 0.15) is 5.82 Å². The highest BCUT2D eigenvalue weighted by atomic mass is 16.5. The average molecular weight is 443 g/mol. The number of nitrogens with zero attached hydrogens (tertiary/aromatic N) is 5. The molecule has 8 nitrogen and oxygen atoms in total. The van der Waals surface area contributed by atoms with Crippen LogP contribution in [0, 0.1) is 20.8 Å². The topological polar surface area (TPSA) is 94.8 Å². The number of aromatic nitrogens is 5. The molecule has 0 saturated heterocycles. The van der Waals surface area contributed by atoms with Crippen LogP contribution in [-0.2, 0) is 11.2 Å². The molecular formula is C25H26N6O2. The maximum atomic E-state index is 12.5. The van der Waals surface area contributed by atoms with Gasteiger partial charge in [0.05, 0.1) is 35.4 Å². The van der Waals surface area contributed by atoms with Crippen molar-refractivity contribution in [2.45, 2.75) is 34.1 Å². The number of carbonyl (C=O) groups excluding carboxylic acids is 1. The van der Waals surface area contributed by atoms with Crippen LogP contribution in [0.1, 0.15) is 39.9 Å². The Labute approximate surface area is 192 Å². The van der Waals surface area contributed by atoms with Crippen LogP contribution in [0.15, 0.2) is 48.9 Å². The van der Waals surface area contributed by atoms with Gasteiger partial charge in [0.25, 0.3) is 0 Å². The van der Waals surface area contributed by atoms with E-state index in [-0.39, 0.29) is 0 Å². The molecule has 1 N–H and O–H groups in total. The van der Waals surface area contributed by atoms with E-state index in [0.29, 0.717) is 29.3 Å². The van der Waals surface area contributed by atoms with Crippen LogP contribution in [0.4, 0.5) is 11.5 Å². The first kappa shape index (κ1) is 22.1. The van der Waals surface area contributed by atoms with Crippen LogP contribution in [0.25, 0.3) is 16.9 Å². The second-order valence-corrected chi connectivity index (χ2v) is 7.76. The molecule has 0 saturated carbocycles. The maximum absolute atomic E-state index is 12.5. The first-order chi connectivity index (χ1) is 15.9. The quantitative estimate of drug-likeness (QED) is 0.431. The van der Waals surface area contributed by atoms with E-state index < -0.39 is 5.97 Å². The first-order valence-electron chi connectivity index (χ1n) is 10.7. The molecule has 0 fully saturated rings. The Morgan fingerprint density at radius 2 is 1.97 bits per heavy atom. The number of hydrogen-bond donors (Lipinski definition) is 1. The lowest BCUT2D eigenvalue weighted by atomic mass is 10.0. The predicted octanol–water partition coefficient (Wildman–Crippen LogP) is 4.74. The first-order valence-corrected chi connectivity index (χ1v) is 10.7. The van der Waals surface area contributed by atoms with Crippen molar-refractivity contribution < 1.29 is 9.53 Å². The summed E-state index contributed by atoms with van der Waals surface area (Å²) < 4.78 is 6.79. The fourth-order valence-corrected chi connectivity index (χ4v) is 3.69. The van der Waals surface area contributed by atoms with Gasteiger partial charge < -0.3 is 10.1 Å². The van der Waals surface area contributed by atoms with Crippen molar-refractivity contribution in [2.24, 2.45) is 0 Å². The number of hydrogen-bond acceptors (Lipinski definition) is 7. The van der Waals surface area contributed by atoms with Crippen molar-refractivity contribution >= 4 is 17.5 Å². The van der Waals surface area contributed by atoms with Crippen molar-refractivity contribution in [3.05, 3.63) is 77.1 Å². The number of benzene rings is 1. The van der Waals surface area contributed by atoms with E-state index in [1.165, 1.54) is 7.11 Å². The molecule has 3 aromatic heterocycles. The third-order valence-corrected chi connectivity index (χ3v) is 5.33. The van der Waals surface area contributed by atoms with E-state index in [1.54, 1.807) is 29.3 Å².